The Hall–Kier alpha value is -3.01. The van der Waals surface area contributed by atoms with E-state index in [-0.39, 0.29) is 12.1 Å². The van der Waals surface area contributed by atoms with Crippen LogP contribution in [0.5, 0.6) is 5.75 Å². The second-order valence-electron chi connectivity index (χ2n) is 7.26. The highest BCUT2D eigenvalue weighted by molar-refractivity contribution is 6.02. The summed E-state index contributed by atoms with van der Waals surface area (Å²) in [6.07, 6.45) is 3.05. The summed E-state index contributed by atoms with van der Waals surface area (Å²) in [5.41, 5.74) is 2.58. The van der Waals surface area contributed by atoms with Gasteiger partial charge in [0, 0.05) is 18.3 Å². The van der Waals surface area contributed by atoms with Crippen molar-refractivity contribution in [1.82, 2.24) is 4.90 Å². The summed E-state index contributed by atoms with van der Waals surface area (Å²) in [5, 5.41) is 5.80. The highest BCUT2D eigenvalue weighted by atomic mass is 16.5. The van der Waals surface area contributed by atoms with Crippen molar-refractivity contribution in [3.05, 3.63) is 71.8 Å². The van der Waals surface area contributed by atoms with Gasteiger partial charge in [0.25, 0.3) is 5.91 Å². The van der Waals surface area contributed by atoms with Crippen LogP contribution in [0.3, 0.4) is 0 Å². The molecule has 1 aliphatic heterocycles. The molecule has 144 valence electrons. The smallest absolute Gasteiger partial charge is 0.257 e. The van der Waals surface area contributed by atoms with Crippen LogP contribution in [0, 0.1) is 0 Å². The summed E-state index contributed by atoms with van der Waals surface area (Å²) < 4.78 is 6.19. The van der Waals surface area contributed by atoms with Gasteiger partial charge in [0.15, 0.2) is 0 Å². The zero-order valence-electron chi connectivity index (χ0n) is 16.4. The van der Waals surface area contributed by atoms with Gasteiger partial charge in [-0.2, -0.15) is 0 Å². The molecule has 4 rings (SSSR count). The van der Waals surface area contributed by atoms with Crippen LogP contribution in [-0.4, -0.2) is 24.5 Å². The van der Waals surface area contributed by atoms with E-state index < -0.39 is 0 Å². The predicted molar refractivity (Wildman–Crippen MR) is 114 cm³/mol. The summed E-state index contributed by atoms with van der Waals surface area (Å²) in [7, 11) is 1.85. The van der Waals surface area contributed by atoms with Gasteiger partial charge >= 0.3 is 0 Å². The van der Waals surface area contributed by atoms with Crippen LogP contribution < -0.4 is 10.1 Å². The molecule has 28 heavy (non-hydrogen) atoms. The number of carbonyl (C=O) groups excluding carboxylic acids is 1. The maximum Gasteiger partial charge on any atom is 0.257 e. The van der Waals surface area contributed by atoms with Gasteiger partial charge in [0.1, 0.15) is 11.9 Å². The second kappa shape index (κ2) is 7.93. The molecule has 1 amide bonds. The Morgan fingerprint density at radius 2 is 1.79 bits per heavy atom. The minimum absolute atomic E-state index is 0.0178. The first-order valence-corrected chi connectivity index (χ1v) is 9.98. The Morgan fingerprint density at radius 3 is 2.64 bits per heavy atom. The zero-order valence-corrected chi connectivity index (χ0v) is 16.4. The van der Waals surface area contributed by atoms with E-state index in [4.69, 9.17) is 4.74 Å². The van der Waals surface area contributed by atoms with Crippen molar-refractivity contribution in [3.63, 3.8) is 0 Å². The lowest BCUT2D eigenvalue weighted by Gasteiger charge is -2.36. The second-order valence-corrected chi connectivity index (χ2v) is 7.26. The number of para-hydroxylation sites is 1. The molecule has 0 aromatic heterocycles. The van der Waals surface area contributed by atoms with Gasteiger partial charge in [-0.1, -0.05) is 62.2 Å². The minimum atomic E-state index is -0.283. The largest absolute Gasteiger partial charge is 0.493 e. The monoisotopic (exact) mass is 374 g/mol. The van der Waals surface area contributed by atoms with Crippen molar-refractivity contribution in [2.45, 2.75) is 32.4 Å². The SMILES string of the molecule is CCCCCOc1ccc2ccccc2c1C1Nc2ccccc2C(=O)N1C. The Bertz CT molecular complexity index is 999. The third-order valence-corrected chi connectivity index (χ3v) is 5.37. The van der Waals surface area contributed by atoms with E-state index in [1.807, 2.05) is 49.5 Å². The predicted octanol–water partition coefficient (Wildman–Crippen LogP) is 5.61. The number of unbranched alkanes of at least 4 members (excludes halogenated alkanes) is 2. The molecule has 0 radical (unpaired) electrons. The van der Waals surface area contributed by atoms with Gasteiger partial charge in [-0.25, -0.2) is 0 Å². The number of anilines is 1. The third kappa shape index (κ3) is 3.31. The van der Waals surface area contributed by atoms with Gasteiger partial charge < -0.3 is 15.0 Å². The third-order valence-electron chi connectivity index (χ3n) is 5.37. The first-order valence-electron chi connectivity index (χ1n) is 9.98. The van der Waals surface area contributed by atoms with Crippen LogP contribution in [0.4, 0.5) is 5.69 Å². The van der Waals surface area contributed by atoms with Gasteiger partial charge in [-0.3, -0.25) is 4.79 Å². The molecule has 0 bridgehead atoms. The van der Waals surface area contributed by atoms with Crippen molar-refractivity contribution in [2.24, 2.45) is 0 Å². The van der Waals surface area contributed by atoms with Crippen LogP contribution in [0.15, 0.2) is 60.7 Å². The number of rotatable bonds is 6. The van der Waals surface area contributed by atoms with E-state index in [9.17, 15) is 4.79 Å². The molecule has 4 heteroatoms. The van der Waals surface area contributed by atoms with Gasteiger partial charge in [-0.05, 0) is 35.4 Å². The normalized spacial score (nSPS) is 16.0. The fourth-order valence-corrected chi connectivity index (χ4v) is 3.83. The molecular weight excluding hydrogens is 348 g/mol. The van der Waals surface area contributed by atoms with Crippen molar-refractivity contribution in [2.75, 3.05) is 19.0 Å². The fraction of sp³-hybridized carbons (Fsp3) is 0.292. The van der Waals surface area contributed by atoms with Crippen LogP contribution in [0.2, 0.25) is 0 Å². The maximum absolute atomic E-state index is 13.0. The number of carbonyl (C=O) groups is 1. The standard InChI is InChI=1S/C24H26N2O2/c1-3-4-9-16-28-21-15-14-17-10-5-6-11-18(17)22(21)23-25-20-13-8-7-12-19(20)24(27)26(23)2/h5-8,10-15,23,25H,3-4,9,16H2,1-2H3. The number of nitrogens with zero attached hydrogens (tertiary/aromatic N) is 1. The number of amides is 1. The summed E-state index contributed by atoms with van der Waals surface area (Å²) in [6, 6.07) is 20.1. The molecule has 3 aromatic rings. The van der Waals surface area contributed by atoms with Gasteiger partial charge in [0.2, 0.25) is 0 Å². The van der Waals surface area contributed by atoms with Gasteiger partial charge in [0.05, 0.1) is 12.2 Å². The van der Waals surface area contributed by atoms with Crippen molar-refractivity contribution in [3.8, 4) is 5.75 Å². The molecule has 0 fully saturated rings. The van der Waals surface area contributed by atoms with Gasteiger partial charge in [-0.15, -0.1) is 0 Å². The van der Waals surface area contributed by atoms with E-state index in [2.05, 4.69) is 30.4 Å². The molecular formula is C24H26N2O2. The lowest BCUT2D eigenvalue weighted by Crippen LogP contribution is -2.40. The van der Waals surface area contributed by atoms with E-state index in [0.717, 1.165) is 47.0 Å². The Labute approximate surface area is 166 Å². The molecule has 1 unspecified atom stereocenters. The minimum Gasteiger partial charge on any atom is -0.493 e. The Kier molecular flexibility index (Phi) is 5.20. The molecule has 4 nitrogen and oxygen atoms in total. The van der Waals surface area contributed by atoms with Crippen LogP contribution in [-0.2, 0) is 0 Å². The first kappa shape index (κ1) is 18.4. The maximum atomic E-state index is 13.0. The van der Waals surface area contributed by atoms with E-state index in [1.165, 1.54) is 0 Å². The number of nitrogens with one attached hydrogen (secondary N) is 1. The molecule has 0 saturated heterocycles. The highest BCUT2D eigenvalue weighted by Gasteiger charge is 2.32. The average molecular weight is 374 g/mol. The van der Waals surface area contributed by atoms with Crippen molar-refractivity contribution < 1.29 is 9.53 Å². The number of hydrogen-bond acceptors (Lipinski definition) is 3. The van der Waals surface area contributed by atoms with E-state index in [1.54, 1.807) is 4.90 Å². The molecule has 1 N–H and O–H groups in total. The molecule has 1 heterocycles. The topological polar surface area (TPSA) is 41.6 Å². The first-order chi connectivity index (χ1) is 13.7. The Balaban J connectivity index is 1.79. The van der Waals surface area contributed by atoms with Crippen molar-refractivity contribution in [1.29, 1.82) is 0 Å². The van der Waals surface area contributed by atoms with Crippen LogP contribution in [0.1, 0.15) is 48.3 Å². The average Bonchev–Trinajstić information content (AvgIpc) is 2.74. The molecule has 0 aliphatic carbocycles. The van der Waals surface area contributed by atoms with E-state index >= 15 is 0 Å². The fourth-order valence-electron chi connectivity index (χ4n) is 3.83. The Morgan fingerprint density at radius 1 is 1.00 bits per heavy atom. The summed E-state index contributed by atoms with van der Waals surface area (Å²) in [5.74, 6) is 0.857. The summed E-state index contributed by atoms with van der Waals surface area (Å²) in [4.78, 5) is 14.8. The molecule has 1 aliphatic rings. The summed E-state index contributed by atoms with van der Waals surface area (Å²) in [6.45, 7) is 2.87. The molecule has 0 spiro atoms. The van der Waals surface area contributed by atoms with Crippen molar-refractivity contribution >= 4 is 22.4 Å². The quantitative estimate of drug-likeness (QED) is 0.571. The lowest BCUT2D eigenvalue weighted by atomic mass is 9.97. The number of hydrogen-bond donors (Lipinski definition) is 1. The number of fused-ring (bicyclic) bond motifs is 2. The lowest BCUT2D eigenvalue weighted by molar-refractivity contribution is 0.0734. The van der Waals surface area contributed by atoms with Crippen LogP contribution in [0.25, 0.3) is 10.8 Å². The molecule has 3 aromatic carbocycles. The van der Waals surface area contributed by atoms with Crippen LogP contribution >= 0.6 is 0 Å². The highest BCUT2D eigenvalue weighted by Crippen LogP contribution is 2.40. The number of ether oxygens (including phenoxy) is 1. The summed E-state index contributed by atoms with van der Waals surface area (Å²) >= 11 is 0. The molecule has 0 saturated carbocycles. The molecule has 1 atom stereocenters. The zero-order chi connectivity index (χ0) is 19.5. The number of benzene rings is 3. The van der Waals surface area contributed by atoms with E-state index in [0.29, 0.717) is 12.2 Å².